The number of aliphatic hydroxyl groups excluding tert-OH is 3. The lowest BCUT2D eigenvalue weighted by Gasteiger charge is -2.59. The van der Waals surface area contributed by atoms with Crippen molar-refractivity contribution in [1.29, 1.82) is 0 Å². The van der Waals surface area contributed by atoms with Crippen LogP contribution in [0, 0.1) is 28.6 Å². The maximum absolute atomic E-state index is 10.8. The highest BCUT2D eigenvalue weighted by Crippen LogP contribution is 2.65. The minimum Gasteiger partial charge on any atom is -0.393 e. The summed E-state index contributed by atoms with van der Waals surface area (Å²) in [6.07, 6.45) is 7.96. The highest BCUT2D eigenvalue weighted by molar-refractivity contribution is 5.29. The van der Waals surface area contributed by atoms with Gasteiger partial charge in [-0.15, -0.1) is 0 Å². The predicted molar refractivity (Wildman–Crippen MR) is 85.1 cm³/mol. The zero-order valence-electron chi connectivity index (χ0n) is 13.8. The van der Waals surface area contributed by atoms with Crippen molar-refractivity contribution in [2.45, 2.75) is 77.1 Å². The molecule has 0 saturated heterocycles. The number of rotatable bonds is 0. The summed E-state index contributed by atoms with van der Waals surface area (Å²) >= 11 is 0. The fourth-order valence-electron chi connectivity index (χ4n) is 6.73. The molecule has 3 fully saturated rings. The average Bonchev–Trinajstić information content (AvgIpc) is 2.77. The van der Waals surface area contributed by atoms with Gasteiger partial charge in [-0.1, -0.05) is 19.9 Å². The van der Waals surface area contributed by atoms with Crippen molar-refractivity contribution < 1.29 is 15.3 Å². The van der Waals surface area contributed by atoms with Crippen LogP contribution < -0.4 is 0 Å². The second-order valence-corrected chi connectivity index (χ2v) is 8.91. The normalized spacial score (nSPS) is 57.6. The third-order valence-electron chi connectivity index (χ3n) is 8.05. The number of hydrogen-bond donors (Lipinski definition) is 3. The van der Waals surface area contributed by atoms with E-state index in [-0.39, 0.29) is 23.0 Å². The summed E-state index contributed by atoms with van der Waals surface area (Å²) in [4.78, 5) is 0. The van der Waals surface area contributed by atoms with Crippen molar-refractivity contribution >= 4 is 0 Å². The molecule has 0 aromatic rings. The molecule has 0 heterocycles. The van der Waals surface area contributed by atoms with Gasteiger partial charge in [-0.3, -0.25) is 0 Å². The van der Waals surface area contributed by atoms with Crippen molar-refractivity contribution in [2.24, 2.45) is 28.6 Å². The fraction of sp³-hybridized carbons (Fsp3) is 0.895. The van der Waals surface area contributed by atoms with Gasteiger partial charge in [-0.05, 0) is 79.1 Å². The van der Waals surface area contributed by atoms with E-state index < -0.39 is 6.10 Å². The van der Waals surface area contributed by atoms with Crippen molar-refractivity contribution in [3.05, 3.63) is 11.6 Å². The standard InChI is InChI=1S/C19H30O3/c1-18-7-5-11(20)9-15(18)16(21)10-12-13-3-4-17(22)19(13,2)8-6-14(12)18/h9,11-14,16-17,20-22H,3-8,10H2,1-2H3. The first kappa shape index (κ1) is 15.2. The first-order valence-electron chi connectivity index (χ1n) is 9.12. The van der Waals surface area contributed by atoms with Crippen LogP contribution >= 0.6 is 0 Å². The van der Waals surface area contributed by atoms with Crippen molar-refractivity contribution in [3.63, 3.8) is 0 Å². The van der Waals surface area contributed by atoms with Gasteiger partial charge in [-0.25, -0.2) is 0 Å². The van der Waals surface area contributed by atoms with Gasteiger partial charge in [0, 0.05) is 0 Å². The zero-order valence-corrected chi connectivity index (χ0v) is 13.8. The van der Waals surface area contributed by atoms with E-state index >= 15 is 0 Å². The van der Waals surface area contributed by atoms with Gasteiger partial charge >= 0.3 is 0 Å². The van der Waals surface area contributed by atoms with Crippen LogP contribution in [0.1, 0.15) is 58.8 Å². The summed E-state index contributed by atoms with van der Waals surface area (Å²) in [7, 11) is 0. The second kappa shape index (κ2) is 4.81. The maximum Gasteiger partial charge on any atom is 0.0759 e. The van der Waals surface area contributed by atoms with E-state index in [1.165, 1.54) is 0 Å². The molecule has 0 amide bonds. The number of fused-ring (bicyclic) bond motifs is 5. The Morgan fingerprint density at radius 2 is 1.73 bits per heavy atom. The van der Waals surface area contributed by atoms with Crippen molar-refractivity contribution in [1.82, 2.24) is 0 Å². The Balaban J connectivity index is 1.71. The van der Waals surface area contributed by atoms with Gasteiger partial charge in [-0.2, -0.15) is 0 Å². The molecule has 8 unspecified atom stereocenters. The van der Waals surface area contributed by atoms with Gasteiger partial charge in [0.05, 0.1) is 18.3 Å². The summed E-state index contributed by atoms with van der Waals surface area (Å²) < 4.78 is 0. The van der Waals surface area contributed by atoms with Gasteiger partial charge < -0.3 is 15.3 Å². The van der Waals surface area contributed by atoms with Crippen LogP contribution in [0.2, 0.25) is 0 Å². The molecular formula is C19H30O3. The molecule has 3 saturated carbocycles. The summed E-state index contributed by atoms with van der Waals surface area (Å²) in [5, 5.41) is 31.2. The topological polar surface area (TPSA) is 60.7 Å². The Bertz CT molecular complexity index is 501. The molecule has 3 nitrogen and oxygen atoms in total. The number of hydrogen-bond acceptors (Lipinski definition) is 3. The fourth-order valence-corrected chi connectivity index (χ4v) is 6.73. The minimum atomic E-state index is -0.402. The van der Waals surface area contributed by atoms with Crippen LogP contribution in [0.3, 0.4) is 0 Å². The Hall–Kier alpha value is -0.380. The van der Waals surface area contributed by atoms with Gasteiger partial charge in [0.15, 0.2) is 0 Å². The van der Waals surface area contributed by atoms with E-state index in [2.05, 4.69) is 13.8 Å². The molecule has 8 atom stereocenters. The van der Waals surface area contributed by atoms with E-state index in [9.17, 15) is 15.3 Å². The molecule has 0 bridgehead atoms. The van der Waals surface area contributed by atoms with Gasteiger partial charge in [0.2, 0.25) is 0 Å². The molecule has 0 aromatic heterocycles. The molecule has 0 radical (unpaired) electrons. The third-order valence-corrected chi connectivity index (χ3v) is 8.05. The number of aliphatic hydroxyl groups is 3. The molecular weight excluding hydrogens is 276 g/mol. The predicted octanol–water partition coefficient (Wildman–Crippen LogP) is 2.64. The smallest absolute Gasteiger partial charge is 0.0759 e. The summed E-state index contributed by atoms with van der Waals surface area (Å²) in [5.74, 6) is 1.70. The molecule has 3 N–H and O–H groups in total. The van der Waals surface area contributed by atoms with Crippen LogP contribution in [0.5, 0.6) is 0 Å². The maximum atomic E-state index is 10.8. The Labute approximate surface area is 133 Å². The quantitative estimate of drug-likeness (QED) is 0.603. The van der Waals surface area contributed by atoms with E-state index in [0.717, 1.165) is 50.5 Å². The molecule has 0 aliphatic heterocycles. The van der Waals surface area contributed by atoms with Crippen LogP contribution in [-0.4, -0.2) is 33.6 Å². The first-order valence-corrected chi connectivity index (χ1v) is 9.12. The lowest BCUT2D eigenvalue weighted by Crippen LogP contribution is -2.54. The first-order chi connectivity index (χ1) is 10.4. The highest BCUT2D eigenvalue weighted by atomic mass is 16.3. The summed E-state index contributed by atoms with van der Waals surface area (Å²) in [5.41, 5.74) is 1.22. The van der Waals surface area contributed by atoms with Crippen molar-refractivity contribution in [2.75, 3.05) is 0 Å². The summed E-state index contributed by atoms with van der Waals surface area (Å²) in [6, 6.07) is 0. The molecule has 22 heavy (non-hydrogen) atoms. The monoisotopic (exact) mass is 306 g/mol. The molecule has 0 spiro atoms. The van der Waals surface area contributed by atoms with E-state index in [1.807, 2.05) is 6.08 Å². The van der Waals surface area contributed by atoms with E-state index in [0.29, 0.717) is 17.8 Å². The lowest BCUT2D eigenvalue weighted by atomic mass is 9.47. The third kappa shape index (κ3) is 1.85. The van der Waals surface area contributed by atoms with Crippen LogP contribution in [-0.2, 0) is 0 Å². The van der Waals surface area contributed by atoms with Crippen LogP contribution in [0.25, 0.3) is 0 Å². The van der Waals surface area contributed by atoms with E-state index in [4.69, 9.17) is 0 Å². The molecule has 0 aromatic carbocycles. The summed E-state index contributed by atoms with van der Waals surface area (Å²) in [6.45, 7) is 4.59. The van der Waals surface area contributed by atoms with Crippen molar-refractivity contribution in [3.8, 4) is 0 Å². The molecule has 3 heteroatoms. The molecule has 4 aliphatic rings. The van der Waals surface area contributed by atoms with E-state index in [1.54, 1.807) is 0 Å². The molecule has 4 aliphatic carbocycles. The Morgan fingerprint density at radius 3 is 2.50 bits per heavy atom. The highest BCUT2D eigenvalue weighted by Gasteiger charge is 2.60. The van der Waals surface area contributed by atoms with Gasteiger partial charge in [0.1, 0.15) is 0 Å². The van der Waals surface area contributed by atoms with Gasteiger partial charge in [0.25, 0.3) is 0 Å². The Kier molecular flexibility index (Phi) is 3.32. The van der Waals surface area contributed by atoms with Crippen LogP contribution in [0.4, 0.5) is 0 Å². The molecule has 4 rings (SSSR count). The van der Waals surface area contributed by atoms with Crippen LogP contribution in [0.15, 0.2) is 11.6 Å². The largest absolute Gasteiger partial charge is 0.393 e. The zero-order chi connectivity index (χ0) is 15.7. The minimum absolute atomic E-state index is 0.0520. The lowest BCUT2D eigenvalue weighted by molar-refractivity contribution is -0.0965. The molecule has 124 valence electrons. The second-order valence-electron chi connectivity index (χ2n) is 8.91. The Morgan fingerprint density at radius 1 is 0.955 bits per heavy atom. The average molecular weight is 306 g/mol. The SMILES string of the molecule is CC12CCC(O)C=C1C(O)CC1C2CCC2(C)C(O)CCC12.